The first-order chi connectivity index (χ1) is 8.69. The highest BCUT2D eigenvalue weighted by Gasteiger charge is 2.09. The summed E-state index contributed by atoms with van der Waals surface area (Å²) in [7, 11) is 0. The summed E-state index contributed by atoms with van der Waals surface area (Å²) in [4.78, 5) is 4.36. The van der Waals surface area contributed by atoms with Crippen LogP contribution in [0, 0.1) is 18.3 Å². The number of hydrogen-bond donors (Lipinski definition) is 1. The summed E-state index contributed by atoms with van der Waals surface area (Å²) < 4.78 is 0. The molecule has 1 aromatic carbocycles. The second-order valence-corrected chi connectivity index (χ2v) is 4.22. The van der Waals surface area contributed by atoms with Crippen molar-refractivity contribution in [1.82, 2.24) is 4.98 Å². The van der Waals surface area contributed by atoms with E-state index in [1.165, 1.54) is 0 Å². The molecule has 3 heteroatoms. The zero-order valence-corrected chi connectivity index (χ0v) is 10.2. The number of benzene rings is 1. The van der Waals surface area contributed by atoms with Gasteiger partial charge in [-0.3, -0.25) is 4.98 Å². The lowest BCUT2D eigenvalue weighted by Crippen LogP contribution is -2.03. The van der Waals surface area contributed by atoms with E-state index in [4.69, 9.17) is 5.26 Å². The molecule has 0 bridgehead atoms. The van der Waals surface area contributed by atoms with Crippen molar-refractivity contribution in [3.63, 3.8) is 0 Å². The van der Waals surface area contributed by atoms with E-state index in [-0.39, 0.29) is 0 Å². The molecule has 0 spiro atoms. The third-order valence-corrected chi connectivity index (χ3v) is 2.77. The fourth-order valence-corrected chi connectivity index (χ4v) is 1.81. The highest BCUT2D eigenvalue weighted by atomic mass is 16.3. The van der Waals surface area contributed by atoms with E-state index >= 15 is 0 Å². The summed E-state index contributed by atoms with van der Waals surface area (Å²) in [5, 5.41) is 18.8. The van der Waals surface area contributed by atoms with E-state index in [1.54, 1.807) is 24.3 Å². The van der Waals surface area contributed by atoms with Gasteiger partial charge in [-0.15, -0.1) is 0 Å². The van der Waals surface area contributed by atoms with Crippen molar-refractivity contribution in [2.45, 2.75) is 19.4 Å². The third kappa shape index (κ3) is 2.93. The average molecular weight is 238 g/mol. The summed E-state index contributed by atoms with van der Waals surface area (Å²) >= 11 is 0. The van der Waals surface area contributed by atoms with Crippen LogP contribution in [0.2, 0.25) is 0 Å². The van der Waals surface area contributed by atoms with Crippen LogP contribution in [0.5, 0.6) is 0 Å². The molecule has 1 unspecified atom stereocenters. The summed E-state index contributed by atoms with van der Waals surface area (Å²) in [5.74, 6) is 0. The molecule has 0 fully saturated rings. The summed E-state index contributed by atoms with van der Waals surface area (Å²) in [6.45, 7) is 1.93. The molecule has 0 aliphatic rings. The molecule has 0 amide bonds. The number of nitrogens with zero attached hydrogens (tertiary/aromatic N) is 2. The Labute approximate surface area is 106 Å². The molecule has 0 radical (unpaired) electrons. The van der Waals surface area contributed by atoms with Gasteiger partial charge < -0.3 is 5.11 Å². The number of aliphatic hydroxyl groups is 1. The molecule has 90 valence electrons. The summed E-state index contributed by atoms with van der Waals surface area (Å²) in [5.41, 5.74) is 3.21. The van der Waals surface area contributed by atoms with Crippen LogP contribution in [0.4, 0.5) is 0 Å². The first kappa shape index (κ1) is 12.3. The smallest absolute Gasteiger partial charge is 0.0991 e. The van der Waals surface area contributed by atoms with Crippen LogP contribution in [0.25, 0.3) is 0 Å². The maximum Gasteiger partial charge on any atom is 0.0991 e. The third-order valence-electron chi connectivity index (χ3n) is 2.77. The van der Waals surface area contributed by atoms with E-state index < -0.39 is 6.10 Å². The van der Waals surface area contributed by atoms with Gasteiger partial charge in [0.15, 0.2) is 0 Å². The molecule has 1 heterocycles. The topological polar surface area (TPSA) is 56.9 Å². The maximum atomic E-state index is 10.1. The van der Waals surface area contributed by atoms with Crippen molar-refractivity contribution in [3.05, 3.63) is 65.0 Å². The Morgan fingerprint density at radius 1 is 1.22 bits per heavy atom. The number of aliphatic hydroxyl groups excluding tert-OH is 1. The van der Waals surface area contributed by atoms with Crippen LogP contribution in [0.3, 0.4) is 0 Å². The van der Waals surface area contributed by atoms with E-state index in [0.29, 0.717) is 12.0 Å². The lowest BCUT2D eigenvalue weighted by atomic mass is 10.0. The lowest BCUT2D eigenvalue weighted by Gasteiger charge is -2.10. The molecule has 1 N–H and O–H groups in total. The van der Waals surface area contributed by atoms with Gasteiger partial charge in [-0.25, -0.2) is 0 Å². The van der Waals surface area contributed by atoms with Gasteiger partial charge in [0.2, 0.25) is 0 Å². The first-order valence-corrected chi connectivity index (χ1v) is 5.79. The number of rotatable bonds is 3. The molecule has 0 aliphatic heterocycles. The largest absolute Gasteiger partial charge is 0.388 e. The number of aryl methyl sites for hydroxylation is 1. The Balaban J connectivity index is 2.12. The maximum absolute atomic E-state index is 10.1. The van der Waals surface area contributed by atoms with Gasteiger partial charge in [0.05, 0.1) is 17.7 Å². The number of nitriles is 1. The molecule has 3 nitrogen and oxygen atoms in total. The normalized spacial score (nSPS) is 11.8. The fraction of sp³-hybridized carbons (Fsp3) is 0.200. The van der Waals surface area contributed by atoms with Gasteiger partial charge in [0, 0.05) is 17.8 Å². The zero-order chi connectivity index (χ0) is 13.0. The van der Waals surface area contributed by atoms with Gasteiger partial charge in [-0.2, -0.15) is 5.26 Å². The zero-order valence-electron chi connectivity index (χ0n) is 10.2. The van der Waals surface area contributed by atoms with Crippen LogP contribution in [0.15, 0.2) is 42.5 Å². The Morgan fingerprint density at radius 3 is 2.56 bits per heavy atom. The van der Waals surface area contributed by atoms with Gasteiger partial charge in [-0.1, -0.05) is 18.2 Å². The summed E-state index contributed by atoms with van der Waals surface area (Å²) in [6.07, 6.45) is -0.111. The van der Waals surface area contributed by atoms with Crippen LogP contribution in [-0.4, -0.2) is 10.1 Å². The Bertz CT molecular complexity index is 570. The summed E-state index contributed by atoms with van der Waals surface area (Å²) in [6, 6.07) is 14.8. The highest BCUT2D eigenvalue weighted by Crippen LogP contribution is 2.17. The van der Waals surface area contributed by atoms with Crippen LogP contribution < -0.4 is 0 Å². The highest BCUT2D eigenvalue weighted by molar-refractivity contribution is 5.32. The molecular formula is C15H14N2O. The van der Waals surface area contributed by atoms with E-state index in [2.05, 4.69) is 11.1 Å². The van der Waals surface area contributed by atoms with Crippen LogP contribution in [0.1, 0.15) is 28.6 Å². The van der Waals surface area contributed by atoms with Crippen molar-refractivity contribution in [1.29, 1.82) is 5.26 Å². The molecule has 2 rings (SSSR count). The minimum absolute atomic E-state index is 0.480. The lowest BCUT2D eigenvalue weighted by molar-refractivity contribution is 0.177. The fourth-order valence-electron chi connectivity index (χ4n) is 1.81. The molecule has 1 atom stereocenters. The van der Waals surface area contributed by atoms with Crippen LogP contribution >= 0.6 is 0 Å². The van der Waals surface area contributed by atoms with Gasteiger partial charge in [0.1, 0.15) is 0 Å². The molecule has 2 aromatic rings. The molecule has 0 saturated carbocycles. The van der Waals surface area contributed by atoms with Crippen molar-refractivity contribution < 1.29 is 5.11 Å². The molecule has 0 saturated heterocycles. The van der Waals surface area contributed by atoms with Crippen molar-refractivity contribution in [2.75, 3.05) is 0 Å². The predicted molar refractivity (Wildman–Crippen MR) is 68.8 cm³/mol. The van der Waals surface area contributed by atoms with Crippen LogP contribution in [-0.2, 0) is 6.42 Å². The number of hydrogen-bond acceptors (Lipinski definition) is 3. The Kier molecular flexibility index (Phi) is 3.71. The van der Waals surface area contributed by atoms with Gasteiger partial charge in [0.25, 0.3) is 0 Å². The minimum atomic E-state index is -0.591. The predicted octanol–water partition coefficient (Wildman–Crippen LogP) is 2.54. The molecular weight excluding hydrogens is 224 g/mol. The van der Waals surface area contributed by atoms with E-state index in [0.717, 1.165) is 17.0 Å². The molecule has 18 heavy (non-hydrogen) atoms. The Hall–Kier alpha value is -2.18. The molecule has 1 aromatic heterocycles. The SMILES string of the molecule is Cc1cccc(CC(O)c2ccc(C#N)cc2)n1. The Morgan fingerprint density at radius 2 is 1.94 bits per heavy atom. The first-order valence-electron chi connectivity index (χ1n) is 5.79. The van der Waals surface area contributed by atoms with Gasteiger partial charge in [-0.05, 0) is 36.8 Å². The average Bonchev–Trinajstić information content (AvgIpc) is 2.39. The second-order valence-electron chi connectivity index (χ2n) is 4.22. The van der Waals surface area contributed by atoms with Crippen molar-refractivity contribution >= 4 is 0 Å². The van der Waals surface area contributed by atoms with E-state index in [1.807, 2.05) is 25.1 Å². The minimum Gasteiger partial charge on any atom is -0.388 e. The van der Waals surface area contributed by atoms with E-state index in [9.17, 15) is 5.11 Å². The second kappa shape index (κ2) is 5.44. The number of aromatic nitrogens is 1. The monoisotopic (exact) mass is 238 g/mol. The van der Waals surface area contributed by atoms with Crippen molar-refractivity contribution in [3.8, 4) is 6.07 Å². The standard InChI is InChI=1S/C15H14N2O/c1-11-3-2-4-14(17-11)9-15(18)13-7-5-12(10-16)6-8-13/h2-8,15,18H,9H2,1H3. The van der Waals surface area contributed by atoms with Crippen molar-refractivity contribution in [2.24, 2.45) is 0 Å². The quantitative estimate of drug-likeness (QED) is 0.894. The molecule has 0 aliphatic carbocycles. The van der Waals surface area contributed by atoms with Gasteiger partial charge >= 0.3 is 0 Å². The number of pyridine rings is 1.